The van der Waals surface area contributed by atoms with E-state index in [2.05, 4.69) is 14.7 Å². The van der Waals surface area contributed by atoms with Crippen molar-refractivity contribution in [1.82, 2.24) is 14.5 Å². The number of benzene rings is 1. The van der Waals surface area contributed by atoms with Crippen LogP contribution in [0.1, 0.15) is 34.8 Å². The number of pyridine rings is 1. The first-order valence-electron chi connectivity index (χ1n) is 8.21. The number of esters is 1. The molecular weight excluding hydrogens is 393 g/mol. The van der Waals surface area contributed by atoms with E-state index in [9.17, 15) is 27.9 Å². The quantitative estimate of drug-likeness (QED) is 0.638. The number of aliphatic hydroxyl groups is 1. The number of anilines is 1. The molecule has 3 N–H and O–H groups in total. The monoisotopic (exact) mass is 408 g/mol. The number of hydrogen-bond acceptors (Lipinski definition) is 7. The molecular formula is C18H15F3N4O4. The van der Waals surface area contributed by atoms with Gasteiger partial charge in [-0.25, -0.2) is 14.8 Å². The summed E-state index contributed by atoms with van der Waals surface area (Å²) in [6.45, 7) is 1.53. The van der Waals surface area contributed by atoms with E-state index >= 15 is 0 Å². The topological polar surface area (TPSA) is 120 Å². The number of aliphatic hydroxyl groups excluding tert-OH is 1. The Morgan fingerprint density at radius 1 is 1.28 bits per heavy atom. The summed E-state index contributed by atoms with van der Waals surface area (Å²) in [7, 11) is 1.04. The second kappa shape index (κ2) is 7.17. The number of rotatable bonds is 3. The number of methoxy groups -OCH3 is 1. The zero-order chi connectivity index (χ0) is 21.5. The molecule has 2 aromatic heterocycles. The van der Waals surface area contributed by atoms with Gasteiger partial charge in [0.2, 0.25) is 5.82 Å². The molecule has 0 aliphatic carbocycles. The number of halogens is 3. The van der Waals surface area contributed by atoms with Crippen LogP contribution in [0.4, 0.5) is 18.9 Å². The van der Waals surface area contributed by atoms with Crippen LogP contribution < -0.4 is 11.3 Å². The summed E-state index contributed by atoms with van der Waals surface area (Å²) >= 11 is 0. The molecule has 29 heavy (non-hydrogen) atoms. The highest BCUT2D eigenvalue weighted by atomic mass is 19.4. The predicted molar refractivity (Wildman–Crippen MR) is 96.5 cm³/mol. The lowest BCUT2D eigenvalue weighted by atomic mass is 10.1. The molecule has 0 bridgehead atoms. The Morgan fingerprint density at radius 2 is 1.90 bits per heavy atom. The fourth-order valence-corrected chi connectivity index (χ4v) is 2.77. The van der Waals surface area contributed by atoms with Gasteiger partial charge in [0.1, 0.15) is 5.56 Å². The molecule has 0 fully saturated rings. The van der Waals surface area contributed by atoms with Gasteiger partial charge in [-0.2, -0.15) is 13.2 Å². The summed E-state index contributed by atoms with van der Waals surface area (Å²) in [5.41, 5.74) is 4.12. The summed E-state index contributed by atoms with van der Waals surface area (Å²) in [5, 5.41) is 9.50. The van der Waals surface area contributed by atoms with Crippen LogP contribution in [-0.4, -0.2) is 32.7 Å². The third kappa shape index (κ3) is 3.51. The normalized spacial score (nSPS) is 12.8. The van der Waals surface area contributed by atoms with Gasteiger partial charge in [0.05, 0.1) is 30.0 Å². The van der Waals surface area contributed by atoms with E-state index in [1.54, 1.807) is 0 Å². The molecule has 0 aliphatic rings. The Labute approximate surface area is 161 Å². The zero-order valence-electron chi connectivity index (χ0n) is 15.2. The maximum absolute atomic E-state index is 13.1. The Bertz CT molecular complexity index is 1150. The first-order chi connectivity index (χ1) is 13.6. The number of nitrogens with zero attached hydrogens (tertiary/aromatic N) is 3. The van der Waals surface area contributed by atoms with Crippen molar-refractivity contribution < 1.29 is 27.8 Å². The zero-order valence-corrected chi connectivity index (χ0v) is 15.2. The van der Waals surface area contributed by atoms with E-state index in [1.165, 1.54) is 31.2 Å². The number of nitrogen functional groups attached to an aromatic ring is 1. The number of fused-ring (bicyclic) bond motifs is 1. The van der Waals surface area contributed by atoms with E-state index in [0.29, 0.717) is 5.56 Å². The molecule has 0 radical (unpaired) electrons. The minimum atomic E-state index is -4.86. The Balaban J connectivity index is 2.44. The lowest BCUT2D eigenvalue weighted by Gasteiger charge is -2.16. The van der Waals surface area contributed by atoms with Gasteiger partial charge < -0.3 is 15.6 Å². The highest BCUT2D eigenvalue weighted by Gasteiger charge is 2.35. The molecule has 3 rings (SSSR count). The molecule has 1 atom stereocenters. The molecule has 2 heterocycles. The van der Waals surface area contributed by atoms with Crippen molar-refractivity contribution in [2.75, 3.05) is 12.8 Å². The molecule has 1 aromatic carbocycles. The number of carbonyl (C=O) groups is 1. The Hall–Kier alpha value is -3.47. The van der Waals surface area contributed by atoms with Crippen molar-refractivity contribution in [3.8, 4) is 5.69 Å². The van der Waals surface area contributed by atoms with Crippen molar-refractivity contribution in [2.24, 2.45) is 0 Å². The molecule has 0 saturated carbocycles. The summed E-state index contributed by atoms with van der Waals surface area (Å²) < 4.78 is 44.7. The highest BCUT2D eigenvalue weighted by molar-refractivity contribution is 6.03. The Morgan fingerprint density at radius 3 is 2.41 bits per heavy atom. The van der Waals surface area contributed by atoms with E-state index in [1.807, 2.05) is 0 Å². The summed E-state index contributed by atoms with van der Waals surface area (Å²) in [5.74, 6) is -2.52. The van der Waals surface area contributed by atoms with Gasteiger partial charge in [0.15, 0.2) is 5.65 Å². The first kappa shape index (κ1) is 20.3. The second-order valence-corrected chi connectivity index (χ2v) is 6.12. The Kier molecular flexibility index (Phi) is 5.01. The number of alkyl halides is 3. The van der Waals surface area contributed by atoms with Crippen LogP contribution in [0.25, 0.3) is 16.7 Å². The van der Waals surface area contributed by atoms with Crippen molar-refractivity contribution in [3.05, 3.63) is 57.8 Å². The van der Waals surface area contributed by atoms with Gasteiger partial charge in [-0.05, 0) is 24.6 Å². The van der Waals surface area contributed by atoms with E-state index in [0.717, 1.165) is 17.9 Å². The lowest BCUT2D eigenvalue weighted by molar-refractivity contribution is -0.144. The van der Waals surface area contributed by atoms with E-state index in [-0.39, 0.29) is 16.8 Å². The van der Waals surface area contributed by atoms with Crippen molar-refractivity contribution in [3.63, 3.8) is 0 Å². The van der Waals surface area contributed by atoms with Crippen molar-refractivity contribution in [1.29, 1.82) is 0 Å². The summed E-state index contributed by atoms with van der Waals surface area (Å²) in [6.07, 6.45) is -4.86. The van der Waals surface area contributed by atoms with Crippen LogP contribution in [-0.2, 0) is 10.9 Å². The minimum absolute atomic E-state index is 0.112. The number of nitrogens with two attached hydrogens (primary N) is 1. The number of aromatic nitrogens is 3. The lowest BCUT2D eigenvalue weighted by Crippen LogP contribution is -2.29. The van der Waals surface area contributed by atoms with Gasteiger partial charge >= 0.3 is 12.1 Å². The van der Waals surface area contributed by atoms with Gasteiger partial charge in [-0.15, -0.1) is 0 Å². The molecule has 0 aliphatic heterocycles. The third-order valence-corrected chi connectivity index (χ3v) is 4.23. The maximum atomic E-state index is 13.1. The molecule has 11 heteroatoms. The van der Waals surface area contributed by atoms with Crippen LogP contribution in [0, 0.1) is 0 Å². The number of carbonyl (C=O) groups excluding carboxylic acids is 1. The summed E-state index contributed by atoms with van der Waals surface area (Å²) in [4.78, 5) is 31.8. The largest absolute Gasteiger partial charge is 0.465 e. The van der Waals surface area contributed by atoms with Gasteiger partial charge in [0, 0.05) is 6.20 Å². The molecule has 152 valence electrons. The molecule has 8 nitrogen and oxygen atoms in total. The van der Waals surface area contributed by atoms with Gasteiger partial charge in [-0.1, -0.05) is 12.1 Å². The van der Waals surface area contributed by atoms with Crippen LogP contribution in [0.2, 0.25) is 0 Å². The number of hydrogen-bond donors (Lipinski definition) is 2. The first-order valence-corrected chi connectivity index (χ1v) is 8.21. The molecule has 0 unspecified atom stereocenters. The molecule has 3 aromatic rings. The molecule has 0 spiro atoms. The fourth-order valence-electron chi connectivity index (χ4n) is 2.77. The summed E-state index contributed by atoms with van der Waals surface area (Å²) in [6, 6.07) is 5.77. The third-order valence-electron chi connectivity index (χ3n) is 4.23. The molecule has 0 saturated heterocycles. The number of ether oxygens (including phenoxy) is 1. The smallest absolute Gasteiger partial charge is 0.451 e. The highest BCUT2D eigenvalue weighted by Crippen LogP contribution is 2.30. The van der Waals surface area contributed by atoms with Crippen molar-refractivity contribution in [2.45, 2.75) is 19.2 Å². The predicted octanol–water partition coefficient (Wildman–Crippen LogP) is 2.22. The molecule has 0 amide bonds. The SMILES string of the molecule is COC(=O)c1c(N)c2cnc(C(F)(F)F)nc2n(-c2ccc([C@@H](C)O)cc2)c1=O. The average molecular weight is 408 g/mol. The van der Waals surface area contributed by atoms with Crippen LogP contribution in [0.3, 0.4) is 0 Å². The van der Waals surface area contributed by atoms with Gasteiger partial charge in [0.25, 0.3) is 5.56 Å². The van der Waals surface area contributed by atoms with Gasteiger partial charge in [-0.3, -0.25) is 9.36 Å². The second-order valence-electron chi connectivity index (χ2n) is 6.12. The minimum Gasteiger partial charge on any atom is -0.465 e. The standard InChI is InChI=1S/C18H15F3N4O4/c1-8(26)9-3-5-10(6-4-9)25-14-11(7-23-17(24-14)18(19,20)21)13(22)12(15(25)27)16(28)29-2/h3-8,26H,22H2,1-2H3/t8-/m1/s1. The van der Waals surface area contributed by atoms with Crippen LogP contribution in [0.15, 0.2) is 35.3 Å². The van der Waals surface area contributed by atoms with E-state index in [4.69, 9.17) is 5.73 Å². The maximum Gasteiger partial charge on any atom is 0.451 e. The van der Waals surface area contributed by atoms with Crippen molar-refractivity contribution >= 4 is 22.7 Å². The van der Waals surface area contributed by atoms with E-state index < -0.39 is 40.8 Å². The van der Waals surface area contributed by atoms with Crippen LogP contribution in [0.5, 0.6) is 0 Å². The van der Waals surface area contributed by atoms with Crippen LogP contribution >= 0.6 is 0 Å². The average Bonchev–Trinajstić information content (AvgIpc) is 2.67. The fraction of sp³-hybridized carbons (Fsp3) is 0.222.